The van der Waals surface area contributed by atoms with Gasteiger partial charge in [-0.3, -0.25) is 0 Å². The molecule has 4 saturated carbocycles. The first-order chi connectivity index (χ1) is 21.6. The summed E-state index contributed by atoms with van der Waals surface area (Å²) in [7, 11) is 0. The molecule has 9 heteroatoms. The lowest BCUT2D eigenvalue weighted by atomic mass is 9.48. The van der Waals surface area contributed by atoms with Crippen molar-refractivity contribution in [1.29, 1.82) is 5.26 Å². The number of benzene rings is 2. The van der Waals surface area contributed by atoms with E-state index in [0.717, 1.165) is 37.6 Å². The molecule has 0 amide bonds. The monoisotopic (exact) mass is 610 g/mol. The maximum atomic E-state index is 9.81. The average molecular weight is 611 g/mol. The topological polar surface area (TPSA) is 104 Å². The molecule has 4 aliphatic carbocycles. The minimum absolute atomic E-state index is 0.168. The van der Waals surface area contributed by atoms with Gasteiger partial charge >= 0.3 is 0 Å². The highest BCUT2D eigenvalue weighted by Gasteiger charge is 2.55. The number of rotatable bonds is 11. The number of thioether (sulfide) groups is 1. The highest BCUT2D eigenvalue weighted by atomic mass is 32.2. The second kappa shape index (κ2) is 13.1. The first-order valence-corrected chi connectivity index (χ1v) is 17.3. The SMILES string of the molecule is CSc1ccccc1CNc1ncc(C#N)c(NC[C@]23CC4C[C@H](C2)[C@@H](NCC2CCOC(c5ccccc5)O2)[C@@H](C4)C3)n1. The molecule has 5 aliphatic rings. The van der Waals surface area contributed by atoms with E-state index in [0.29, 0.717) is 41.8 Å². The van der Waals surface area contributed by atoms with Gasteiger partial charge in [0.2, 0.25) is 5.95 Å². The van der Waals surface area contributed by atoms with Gasteiger partial charge in [-0.15, -0.1) is 11.8 Å². The normalized spacial score (nSPS) is 30.5. The van der Waals surface area contributed by atoms with Gasteiger partial charge in [0.25, 0.3) is 0 Å². The van der Waals surface area contributed by atoms with E-state index < -0.39 is 0 Å². The molecule has 44 heavy (non-hydrogen) atoms. The van der Waals surface area contributed by atoms with Crippen molar-refractivity contribution in [2.75, 3.05) is 36.6 Å². The van der Waals surface area contributed by atoms with Gasteiger partial charge in [0.1, 0.15) is 17.5 Å². The molecular weight excluding hydrogens is 568 g/mol. The van der Waals surface area contributed by atoms with Crippen LogP contribution in [0.15, 0.2) is 65.7 Å². The minimum Gasteiger partial charge on any atom is -0.368 e. The Hall–Kier alpha value is -3.16. The number of aromatic nitrogens is 2. The molecule has 3 aromatic rings. The van der Waals surface area contributed by atoms with Gasteiger partial charge < -0.3 is 25.4 Å². The number of ether oxygens (including phenoxy) is 2. The van der Waals surface area contributed by atoms with Crippen LogP contribution in [0.25, 0.3) is 0 Å². The largest absolute Gasteiger partial charge is 0.368 e. The van der Waals surface area contributed by atoms with Crippen LogP contribution in [-0.4, -0.2) is 48.1 Å². The molecule has 1 saturated heterocycles. The van der Waals surface area contributed by atoms with Crippen LogP contribution in [-0.2, 0) is 16.0 Å². The van der Waals surface area contributed by atoms with Crippen LogP contribution in [0.4, 0.5) is 11.8 Å². The van der Waals surface area contributed by atoms with E-state index in [4.69, 9.17) is 14.5 Å². The number of nitrogens with zero attached hydrogens (tertiary/aromatic N) is 3. The zero-order chi connectivity index (χ0) is 29.9. The summed E-state index contributed by atoms with van der Waals surface area (Å²) in [6.07, 6.45) is 10.9. The maximum absolute atomic E-state index is 9.81. The number of nitriles is 1. The molecule has 3 N–H and O–H groups in total. The molecule has 2 aromatic carbocycles. The van der Waals surface area contributed by atoms with Crippen molar-refractivity contribution in [3.8, 4) is 6.07 Å². The molecule has 1 aromatic heterocycles. The average Bonchev–Trinajstić information content (AvgIpc) is 3.06. The van der Waals surface area contributed by atoms with Crippen molar-refractivity contribution < 1.29 is 9.47 Å². The molecule has 1 aliphatic heterocycles. The van der Waals surface area contributed by atoms with E-state index in [-0.39, 0.29) is 17.8 Å². The second-order valence-electron chi connectivity index (χ2n) is 13.2. The number of hydrogen-bond acceptors (Lipinski definition) is 9. The van der Waals surface area contributed by atoms with Gasteiger partial charge in [-0.25, -0.2) is 4.98 Å². The van der Waals surface area contributed by atoms with Crippen molar-refractivity contribution in [3.05, 3.63) is 77.5 Å². The van der Waals surface area contributed by atoms with Crippen LogP contribution in [0, 0.1) is 34.5 Å². The molecule has 7 atom stereocenters. The third-order valence-electron chi connectivity index (χ3n) is 10.2. The molecule has 0 spiro atoms. The van der Waals surface area contributed by atoms with Crippen molar-refractivity contribution in [1.82, 2.24) is 15.3 Å². The van der Waals surface area contributed by atoms with Crippen molar-refractivity contribution >= 4 is 23.5 Å². The van der Waals surface area contributed by atoms with E-state index in [1.54, 1.807) is 18.0 Å². The standard InChI is InChI=1S/C35H42N6O2S/c1-44-30-10-6-5-9-25(30)19-38-34-39-20-28(18-36)32(41-34)40-22-35-15-23-13-26(16-35)31(27(14-23)17-35)37-21-29-11-12-42-33(43-29)24-7-3-2-4-8-24/h2-10,20,23,26-27,29,31,33,37H,11-17,19,21-22H2,1H3,(H2,38,39,40,41)/t23?,26-,27+,29?,31-,33?,35-. The number of hydrogen-bond donors (Lipinski definition) is 3. The molecule has 3 unspecified atom stereocenters. The Morgan fingerprint density at radius 3 is 2.61 bits per heavy atom. The summed E-state index contributed by atoms with van der Waals surface area (Å²) in [6.45, 7) is 3.10. The van der Waals surface area contributed by atoms with E-state index in [1.165, 1.54) is 42.6 Å². The van der Waals surface area contributed by atoms with Gasteiger partial charge in [-0.1, -0.05) is 48.5 Å². The van der Waals surface area contributed by atoms with Gasteiger partial charge in [0.05, 0.1) is 18.9 Å². The van der Waals surface area contributed by atoms with Crippen molar-refractivity contribution in [2.45, 2.75) is 68.4 Å². The third kappa shape index (κ3) is 6.32. The van der Waals surface area contributed by atoms with Crippen LogP contribution >= 0.6 is 11.8 Å². The Kier molecular flexibility index (Phi) is 8.77. The van der Waals surface area contributed by atoms with E-state index in [9.17, 15) is 5.26 Å². The zero-order valence-electron chi connectivity index (χ0n) is 25.4. The highest BCUT2D eigenvalue weighted by Crippen LogP contribution is 2.60. The van der Waals surface area contributed by atoms with Crippen LogP contribution in [0.5, 0.6) is 0 Å². The van der Waals surface area contributed by atoms with Gasteiger partial charge in [0.15, 0.2) is 6.29 Å². The summed E-state index contributed by atoms with van der Waals surface area (Å²) < 4.78 is 12.3. The zero-order valence-corrected chi connectivity index (χ0v) is 26.2. The Balaban J connectivity index is 0.964. The number of nitrogens with one attached hydrogen (secondary N) is 3. The molecule has 0 radical (unpaired) electrons. The van der Waals surface area contributed by atoms with Crippen LogP contribution < -0.4 is 16.0 Å². The summed E-state index contributed by atoms with van der Waals surface area (Å²) in [5.74, 6) is 3.34. The van der Waals surface area contributed by atoms with E-state index in [2.05, 4.69) is 69.7 Å². The molecule has 8 rings (SSSR count). The minimum atomic E-state index is -0.272. The molecule has 8 nitrogen and oxygen atoms in total. The molecule has 5 fully saturated rings. The summed E-state index contributed by atoms with van der Waals surface area (Å²) in [5.41, 5.74) is 3.05. The fourth-order valence-corrected chi connectivity index (χ4v) is 9.13. The second-order valence-corrected chi connectivity index (χ2v) is 14.0. The lowest BCUT2D eigenvalue weighted by Crippen LogP contribution is -2.60. The first kappa shape index (κ1) is 29.5. The van der Waals surface area contributed by atoms with E-state index >= 15 is 0 Å². The van der Waals surface area contributed by atoms with Crippen molar-refractivity contribution in [3.63, 3.8) is 0 Å². The summed E-state index contributed by atoms with van der Waals surface area (Å²) >= 11 is 1.73. The van der Waals surface area contributed by atoms with E-state index in [1.807, 2.05) is 18.2 Å². The van der Waals surface area contributed by atoms with Gasteiger partial charge in [-0.05, 0) is 79.6 Å². The summed E-state index contributed by atoms with van der Waals surface area (Å²) in [5, 5.41) is 20.8. The fourth-order valence-electron chi connectivity index (χ4n) is 8.51. The van der Waals surface area contributed by atoms with Crippen LogP contribution in [0.3, 0.4) is 0 Å². The van der Waals surface area contributed by atoms with Gasteiger partial charge in [0, 0.05) is 36.1 Å². The molecule has 2 heterocycles. The summed E-state index contributed by atoms with van der Waals surface area (Å²) in [4.78, 5) is 10.4. The first-order valence-electron chi connectivity index (χ1n) is 16.0. The van der Waals surface area contributed by atoms with Crippen LogP contribution in [0.2, 0.25) is 0 Å². The predicted molar refractivity (Wildman–Crippen MR) is 173 cm³/mol. The Bertz CT molecular complexity index is 1470. The Labute approximate surface area is 264 Å². The summed E-state index contributed by atoms with van der Waals surface area (Å²) in [6, 6.07) is 21.5. The fraction of sp³-hybridized carbons (Fsp3) is 0.514. The number of anilines is 2. The smallest absolute Gasteiger partial charge is 0.224 e. The van der Waals surface area contributed by atoms with Crippen molar-refractivity contribution in [2.24, 2.45) is 23.2 Å². The Morgan fingerprint density at radius 2 is 1.82 bits per heavy atom. The quantitative estimate of drug-likeness (QED) is 0.213. The highest BCUT2D eigenvalue weighted by molar-refractivity contribution is 7.98. The van der Waals surface area contributed by atoms with Crippen LogP contribution in [0.1, 0.15) is 61.5 Å². The molecule has 4 bridgehead atoms. The predicted octanol–water partition coefficient (Wildman–Crippen LogP) is 6.38. The molecular formula is C35H42N6O2S. The maximum Gasteiger partial charge on any atom is 0.224 e. The van der Waals surface area contributed by atoms with Gasteiger partial charge in [-0.2, -0.15) is 10.2 Å². The lowest BCUT2D eigenvalue weighted by molar-refractivity contribution is -0.216. The molecule has 230 valence electrons. The lowest BCUT2D eigenvalue weighted by Gasteiger charge is -2.60. The Morgan fingerprint density at radius 1 is 1.02 bits per heavy atom. The third-order valence-corrected chi connectivity index (χ3v) is 11.1.